The van der Waals surface area contributed by atoms with E-state index in [1.165, 1.54) is 0 Å². The third-order valence-electron chi connectivity index (χ3n) is 1.25. The van der Waals surface area contributed by atoms with Crippen LogP contribution in [0.3, 0.4) is 0 Å². The summed E-state index contributed by atoms with van der Waals surface area (Å²) in [7, 11) is 0. The van der Waals surface area contributed by atoms with Crippen molar-refractivity contribution < 1.29 is 9.63 Å². The lowest BCUT2D eigenvalue weighted by Gasteiger charge is -2.17. The molecule has 1 amide bonds. The third-order valence-corrected chi connectivity index (χ3v) is 1.25. The standard InChI is InChI=1S/C8H14N4O2/c1-5-9-6(11-10-5)7(13)12-14-8(2,3)4/h1-4H3,(H,12,13)(H,9,10,11). The molecule has 2 N–H and O–H groups in total. The number of rotatable bonds is 2. The number of nitrogens with zero attached hydrogens (tertiary/aromatic N) is 2. The van der Waals surface area contributed by atoms with Gasteiger partial charge >= 0.3 is 5.91 Å². The molecule has 1 aromatic heterocycles. The first-order valence-corrected chi connectivity index (χ1v) is 4.26. The van der Waals surface area contributed by atoms with Crippen LogP contribution in [-0.4, -0.2) is 26.7 Å². The van der Waals surface area contributed by atoms with Crippen LogP contribution in [0, 0.1) is 6.92 Å². The van der Waals surface area contributed by atoms with Crippen LogP contribution in [-0.2, 0) is 4.84 Å². The Morgan fingerprint density at radius 2 is 2.14 bits per heavy atom. The summed E-state index contributed by atoms with van der Waals surface area (Å²) in [5.74, 6) is 0.210. The van der Waals surface area contributed by atoms with Crippen LogP contribution in [0.4, 0.5) is 0 Å². The monoisotopic (exact) mass is 198 g/mol. The largest absolute Gasteiger partial charge is 0.314 e. The number of nitrogens with one attached hydrogen (secondary N) is 2. The minimum absolute atomic E-state index is 0.0757. The van der Waals surface area contributed by atoms with Gasteiger partial charge in [0.1, 0.15) is 5.82 Å². The van der Waals surface area contributed by atoms with Crippen LogP contribution in [0.2, 0.25) is 0 Å². The van der Waals surface area contributed by atoms with E-state index in [4.69, 9.17) is 4.84 Å². The normalized spacial score (nSPS) is 11.4. The second-order valence-electron chi connectivity index (χ2n) is 3.89. The number of aromatic nitrogens is 3. The lowest BCUT2D eigenvalue weighted by molar-refractivity contribution is -0.0593. The predicted molar refractivity (Wildman–Crippen MR) is 49.4 cm³/mol. The van der Waals surface area contributed by atoms with Crippen LogP contribution in [0.15, 0.2) is 0 Å². The van der Waals surface area contributed by atoms with Crippen molar-refractivity contribution in [2.75, 3.05) is 0 Å². The Labute approximate surface area is 82.0 Å². The molecule has 6 nitrogen and oxygen atoms in total. The summed E-state index contributed by atoms with van der Waals surface area (Å²) in [4.78, 5) is 20.2. The van der Waals surface area contributed by atoms with Gasteiger partial charge in [-0.2, -0.15) is 0 Å². The van der Waals surface area contributed by atoms with Gasteiger partial charge in [0.15, 0.2) is 0 Å². The fourth-order valence-electron chi connectivity index (χ4n) is 0.689. The van der Waals surface area contributed by atoms with Crippen molar-refractivity contribution in [1.82, 2.24) is 20.7 Å². The molecule has 6 heteroatoms. The molecule has 0 bridgehead atoms. The van der Waals surface area contributed by atoms with Gasteiger partial charge in [-0.05, 0) is 27.7 Å². The number of hydroxylamine groups is 1. The van der Waals surface area contributed by atoms with Crippen molar-refractivity contribution in [2.24, 2.45) is 0 Å². The van der Waals surface area contributed by atoms with E-state index in [1.54, 1.807) is 6.92 Å². The Kier molecular flexibility index (Phi) is 2.85. The molecule has 0 spiro atoms. The molecule has 0 aliphatic rings. The summed E-state index contributed by atoms with van der Waals surface area (Å²) >= 11 is 0. The highest BCUT2D eigenvalue weighted by atomic mass is 16.7. The molecule has 78 valence electrons. The average Bonchev–Trinajstić information content (AvgIpc) is 2.46. The number of H-pyrrole nitrogens is 1. The van der Waals surface area contributed by atoms with Crippen LogP contribution in [0.25, 0.3) is 0 Å². The number of carbonyl (C=O) groups excluding carboxylic acids is 1. The molecule has 0 aromatic carbocycles. The predicted octanol–water partition coefficient (Wildman–Crippen LogP) is 0.573. The number of hydrogen-bond acceptors (Lipinski definition) is 4. The van der Waals surface area contributed by atoms with E-state index in [1.807, 2.05) is 20.8 Å². The molecule has 0 fully saturated rings. The second kappa shape index (κ2) is 3.75. The molecule has 0 saturated carbocycles. The van der Waals surface area contributed by atoms with E-state index >= 15 is 0 Å². The minimum atomic E-state index is -0.454. The molecule has 14 heavy (non-hydrogen) atoms. The Bertz CT molecular complexity index is 326. The molecule has 1 aromatic rings. The highest BCUT2D eigenvalue weighted by molar-refractivity contribution is 5.89. The van der Waals surface area contributed by atoms with E-state index in [-0.39, 0.29) is 5.82 Å². The summed E-state index contributed by atoms with van der Waals surface area (Å²) in [6.07, 6.45) is 0. The van der Waals surface area contributed by atoms with Gasteiger partial charge in [-0.15, -0.1) is 5.10 Å². The highest BCUT2D eigenvalue weighted by Crippen LogP contribution is 2.04. The SMILES string of the molecule is Cc1nc(C(=O)NOC(C)(C)C)n[nH]1. The number of amides is 1. The molecule has 0 aliphatic heterocycles. The molecule has 0 unspecified atom stereocenters. The number of carbonyl (C=O) groups is 1. The molecule has 0 saturated heterocycles. The van der Waals surface area contributed by atoms with Crippen LogP contribution < -0.4 is 5.48 Å². The zero-order valence-corrected chi connectivity index (χ0v) is 8.71. The minimum Gasteiger partial charge on any atom is -0.268 e. The van der Waals surface area contributed by atoms with Crippen molar-refractivity contribution in [2.45, 2.75) is 33.3 Å². The van der Waals surface area contributed by atoms with Gasteiger partial charge in [-0.25, -0.2) is 10.5 Å². The Balaban J connectivity index is 2.52. The van der Waals surface area contributed by atoms with Crippen molar-refractivity contribution in [3.63, 3.8) is 0 Å². The first kappa shape index (κ1) is 10.6. The summed E-state index contributed by atoms with van der Waals surface area (Å²) in [5.41, 5.74) is 1.84. The third kappa shape index (κ3) is 3.14. The topological polar surface area (TPSA) is 79.9 Å². The van der Waals surface area contributed by atoms with E-state index < -0.39 is 11.5 Å². The smallest absolute Gasteiger partial charge is 0.268 e. The molecule has 0 aliphatic carbocycles. The maximum atomic E-state index is 11.3. The molecular weight excluding hydrogens is 184 g/mol. The fourth-order valence-corrected chi connectivity index (χ4v) is 0.689. The first-order chi connectivity index (χ1) is 6.38. The van der Waals surface area contributed by atoms with Gasteiger partial charge in [-0.3, -0.25) is 14.7 Å². The highest BCUT2D eigenvalue weighted by Gasteiger charge is 2.16. The van der Waals surface area contributed by atoms with Gasteiger partial charge in [0.05, 0.1) is 5.60 Å². The van der Waals surface area contributed by atoms with Crippen LogP contribution >= 0.6 is 0 Å². The van der Waals surface area contributed by atoms with Crippen LogP contribution in [0.5, 0.6) is 0 Å². The molecule has 1 heterocycles. The zero-order chi connectivity index (χ0) is 10.8. The summed E-state index contributed by atoms with van der Waals surface area (Å²) in [6.45, 7) is 7.21. The molecular formula is C8H14N4O2. The van der Waals surface area contributed by atoms with Crippen LogP contribution in [0.1, 0.15) is 37.2 Å². The van der Waals surface area contributed by atoms with Crippen molar-refractivity contribution >= 4 is 5.91 Å². The van der Waals surface area contributed by atoms with Crippen molar-refractivity contribution in [1.29, 1.82) is 0 Å². The lowest BCUT2D eigenvalue weighted by atomic mass is 10.2. The number of aryl methyl sites for hydroxylation is 1. The average molecular weight is 198 g/mol. The summed E-state index contributed by atoms with van der Waals surface area (Å²) in [5, 5.41) is 6.26. The molecule has 0 radical (unpaired) electrons. The van der Waals surface area contributed by atoms with E-state index in [0.29, 0.717) is 5.82 Å². The maximum Gasteiger partial charge on any atom is 0.314 e. The quantitative estimate of drug-likeness (QED) is 0.681. The second-order valence-corrected chi connectivity index (χ2v) is 3.89. The number of hydrogen-bond donors (Lipinski definition) is 2. The lowest BCUT2D eigenvalue weighted by Crippen LogP contribution is -2.34. The van der Waals surface area contributed by atoms with E-state index in [0.717, 1.165) is 0 Å². The Morgan fingerprint density at radius 1 is 1.50 bits per heavy atom. The Hall–Kier alpha value is -1.43. The van der Waals surface area contributed by atoms with Gasteiger partial charge in [-0.1, -0.05) is 0 Å². The van der Waals surface area contributed by atoms with Gasteiger partial charge in [0.2, 0.25) is 5.82 Å². The van der Waals surface area contributed by atoms with E-state index in [2.05, 4.69) is 20.7 Å². The first-order valence-electron chi connectivity index (χ1n) is 4.26. The zero-order valence-electron chi connectivity index (χ0n) is 8.71. The molecule has 0 atom stereocenters. The van der Waals surface area contributed by atoms with Crippen molar-refractivity contribution in [3.8, 4) is 0 Å². The van der Waals surface area contributed by atoms with Gasteiger partial charge in [0, 0.05) is 0 Å². The van der Waals surface area contributed by atoms with E-state index in [9.17, 15) is 4.79 Å². The fraction of sp³-hybridized carbons (Fsp3) is 0.625. The summed E-state index contributed by atoms with van der Waals surface area (Å²) < 4.78 is 0. The maximum absolute atomic E-state index is 11.3. The Morgan fingerprint density at radius 3 is 2.57 bits per heavy atom. The summed E-state index contributed by atoms with van der Waals surface area (Å²) in [6, 6.07) is 0. The van der Waals surface area contributed by atoms with Crippen molar-refractivity contribution in [3.05, 3.63) is 11.6 Å². The van der Waals surface area contributed by atoms with Gasteiger partial charge in [0.25, 0.3) is 0 Å². The number of aromatic amines is 1. The van der Waals surface area contributed by atoms with Gasteiger partial charge < -0.3 is 0 Å². The molecule has 1 rings (SSSR count).